The number of rotatable bonds is 14. The van der Waals surface area contributed by atoms with E-state index in [2.05, 4.69) is 71.1 Å². The van der Waals surface area contributed by atoms with Crippen LogP contribution in [0, 0.1) is 17.8 Å². The molecule has 0 aliphatic rings. The molecule has 0 fully saturated rings. The van der Waals surface area contributed by atoms with Gasteiger partial charge in [0.05, 0.1) is 19.6 Å². The van der Waals surface area contributed by atoms with Gasteiger partial charge in [-0.2, -0.15) is 0 Å². The van der Waals surface area contributed by atoms with Crippen molar-refractivity contribution in [3.63, 3.8) is 0 Å². The van der Waals surface area contributed by atoms with Crippen LogP contribution < -0.4 is 5.32 Å². The molecule has 0 unspecified atom stereocenters. The maximum Gasteiger partial charge on any atom is 0.224 e. The van der Waals surface area contributed by atoms with E-state index < -0.39 is 0 Å². The number of aryl methyl sites for hydroxylation is 1. The highest BCUT2D eigenvalue weighted by Crippen LogP contribution is 2.22. The molecule has 2 aromatic carbocycles. The minimum atomic E-state index is -0.146. The van der Waals surface area contributed by atoms with Crippen LogP contribution >= 0.6 is 11.8 Å². The summed E-state index contributed by atoms with van der Waals surface area (Å²) in [4.78, 5) is 26.4. The molecule has 2 aromatic rings. The Kier molecular flexibility index (Phi) is 10.8. The minimum absolute atomic E-state index is 0.0403. The van der Waals surface area contributed by atoms with Crippen LogP contribution in [0.1, 0.15) is 68.9 Å². The van der Waals surface area contributed by atoms with Crippen molar-refractivity contribution in [3.05, 3.63) is 65.2 Å². The Morgan fingerprint density at radius 3 is 2.32 bits per heavy atom. The largest absolute Gasteiger partial charge is 0.380 e. The van der Waals surface area contributed by atoms with Crippen molar-refractivity contribution in [2.75, 3.05) is 25.5 Å². The van der Waals surface area contributed by atoms with Crippen LogP contribution in [0.5, 0.6) is 0 Å². The monoisotopic (exact) mass is 483 g/mol. The number of hydrogen-bond donors (Lipinski definition) is 1. The van der Waals surface area contributed by atoms with E-state index >= 15 is 0 Å². The Balaban J connectivity index is 1.78. The van der Waals surface area contributed by atoms with Gasteiger partial charge in [0.1, 0.15) is 0 Å². The maximum absolute atomic E-state index is 12.6. The van der Waals surface area contributed by atoms with E-state index in [9.17, 15) is 9.59 Å². The third kappa shape index (κ3) is 10.4. The second kappa shape index (κ2) is 13.1. The molecule has 0 atom stereocenters. The van der Waals surface area contributed by atoms with Gasteiger partial charge < -0.3 is 10.1 Å². The number of amides is 1. The van der Waals surface area contributed by atoms with Crippen molar-refractivity contribution in [1.82, 2.24) is 5.32 Å². The van der Waals surface area contributed by atoms with E-state index in [1.54, 1.807) is 11.8 Å². The number of thioether (sulfide) groups is 1. The van der Waals surface area contributed by atoms with Gasteiger partial charge in [-0.3, -0.25) is 9.59 Å². The summed E-state index contributed by atoms with van der Waals surface area (Å²) >= 11 is 1.69. The van der Waals surface area contributed by atoms with E-state index in [0.29, 0.717) is 31.7 Å². The third-order valence-electron chi connectivity index (χ3n) is 5.94. The van der Waals surface area contributed by atoms with Gasteiger partial charge in [0.15, 0.2) is 5.78 Å². The smallest absolute Gasteiger partial charge is 0.224 e. The highest BCUT2D eigenvalue weighted by molar-refractivity contribution is 7.99. The molecule has 1 amide bonds. The third-order valence-corrected chi connectivity index (χ3v) is 6.95. The quantitative estimate of drug-likeness (QED) is 0.246. The summed E-state index contributed by atoms with van der Waals surface area (Å²) in [5, 5.41) is 3.03. The van der Waals surface area contributed by atoms with Crippen LogP contribution in [0.25, 0.3) is 0 Å². The van der Waals surface area contributed by atoms with Crippen molar-refractivity contribution in [3.8, 4) is 0 Å². The Labute approximate surface area is 210 Å². The second-order valence-corrected chi connectivity index (χ2v) is 11.8. The predicted octanol–water partition coefficient (Wildman–Crippen LogP) is 6.50. The van der Waals surface area contributed by atoms with Crippen LogP contribution in [0.4, 0.5) is 0 Å². The second-order valence-electron chi connectivity index (χ2n) is 10.7. The number of carbonyl (C=O) groups excluding carboxylic acids is 2. The van der Waals surface area contributed by atoms with Gasteiger partial charge in [-0.05, 0) is 42.5 Å². The first kappa shape index (κ1) is 28.1. The molecule has 186 valence electrons. The Hall–Kier alpha value is -2.11. The van der Waals surface area contributed by atoms with Gasteiger partial charge in [-0.25, -0.2) is 0 Å². The highest BCUT2D eigenvalue weighted by atomic mass is 32.2. The molecular formula is C29H41NO3S. The first-order valence-electron chi connectivity index (χ1n) is 12.2. The first-order valence-corrected chi connectivity index (χ1v) is 13.1. The van der Waals surface area contributed by atoms with Gasteiger partial charge in [-0.15, -0.1) is 11.8 Å². The van der Waals surface area contributed by atoms with Gasteiger partial charge >= 0.3 is 0 Å². The SMILES string of the molecule is CCC(C)(C)COCC(C)(C)CNC(=O)Cc1cccc(C(=O)CCSc2ccc(C)cc2)c1. The molecule has 0 heterocycles. The maximum atomic E-state index is 12.6. The summed E-state index contributed by atoms with van der Waals surface area (Å²) in [5.74, 6) is 0.802. The number of nitrogens with one attached hydrogen (secondary N) is 1. The Morgan fingerprint density at radius 1 is 0.971 bits per heavy atom. The molecule has 0 bridgehead atoms. The van der Waals surface area contributed by atoms with Crippen molar-refractivity contribution >= 4 is 23.5 Å². The first-order chi connectivity index (χ1) is 16.0. The molecule has 5 heteroatoms. The molecule has 4 nitrogen and oxygen atoms in total. The Bertz CT molecular complexity index is 935. The summed E-state index contributed by atoms with van der Waals surface area (Å²) in [6.45, 7) is 14.7. The summed E-state index contributed by atoms with van der Waals surface area (Å²) < 4.78 is 5.92. The number of carbonyl (C=O) groups is 2. The zero-order chi connectivity index (χ0) is 25.2. The van der Waals surface area contributed by atoms with Gasteiger partial charge in [0, 0.05) is 34.6 Å². The van der Waals surface area contributed by atoms with Crippen molar-refractivity contribution in [2.24, 2.45) is 10.8 Å². The minimum Gasteiger partial charge on any atom is -0.380 e. The van der Waals surface area contributed by atoms with Crippen molar-refractivity contribution in [1.29, 1.82) is 0 Å². The zero-order valence-corrected chi connectivity index (χ0v) is 22.5. The van der Waals surface area contributed by atoms with Crippen molar-refractivity contribution < 1.29 is 14.3 Å². The molecule has 2 rings (SSSR count). The van der Waals surface area contributed by atoms with E-state index in [1.807, 2.05) is 24.3 Å². The fourth-order valence-corrected chi connectivity index (χ4v) is 4.09. The molecule has 0 saturated heterocycles. The van der Waals surface area contributed by atoms with Crippen LogP contribution in [-0.2, 0) is 16.0 Å². The van der Waals surface area contributed by atoms with Crippen LogP contribution in [0.15, 0.2) is 53.4 Å². The zero-order valence-electron chi connectivity index (χ0n) is 21.7. The summed E-state index contributed by atoms with van der Waals surface area (Å²) in [6, 6.07) is 15.8. The summed E-state index contributed by atoms with van der Waals surface area (Å²) in [6.07, 6.45) is 1.80. The normalized spacial score (nSPS) is 11.9. The molecular weight excluding hydrogens is 442 g/mol. The van der Waals surface area contributed by atoms with Gasteiger partial charge in [0.25, 0.3) is 0 Å². The predicted molar refractivity (Wildman–Crippen MR) is 143 cm³/mol. The fraction of sp³-hybridized carbons (Fsp3) is 0.517. The lowest BCUT2D eigenvalue weighted by Crippen LogP contribution is -2.38. The number of ketones is 1. The number of ether oxygens (including phenoxy) is 1. The lowest BCUT2D eigenvalue weighted by atomic mass is 9.91. The molecule has 1 N–H and O–H groups in total. The number of hydrogen-bond acceptors (Lipinski definition) is 4. The molecule has 0 aliphatic heterocycles. The molecule has 0 aliphatic carbocycles. The van der Waals surface area contributed by atoms with Gasteiger partial charge in [0.2, 0.25) is 5.91 Å². The van der Waals surface area contributed by atoms with Crippen molar-refractivity contribution in [2.45, 2.75) is 65.7 Å². The van der Waals surface area contributed by atoms with E-state index in [4.69, 9.17) is 4.74 Å². The van der Waals surface area contributed by atoms with Crippen LogP contribution in [0.3, 0.4) is 0 Å². The van der Waals surface area contributed by atoms with Crippen LogP contribution in [0.2, 0.25) is 0 Å². The number of Topliss-reactive ketones (excluding diaryl/α,β-unsaturated/α-hetero) is 1. The lowest BCUT2D eigenvalue weighted by Gasteiger charge is -2.28. The Morgan fingerprint density at radius 2 is 1.65 bits per heavy atom. The fourth-order valence-electron chi connectivity index (χ4n) is 3.24. The van der Waals surface area contributed by atoms with E-state index in [1.165, 1.54) is 10.5 Å². The topological polar surface area (TPSA) is 55.4 Å². The van der Waals surface area contributed by atoms with Gasteiger partial charge in [-0.1, -0.05) is 70.5 Å². The molecule has 0 spiro atoms. The average molecular weight is 484 g/mol. The molecule has 0 radical (unpaired) electrons. The van der Waals surface area contributed by atoms with E-state index in [0.717, 1.165) is 17.7 Å². The standard InChI is InChI=1S/C29H41NO3S/c1-7-28(3,4)20-33-21-29(5,6)19-30-27(32)18-23-9-8-10-24(17-23)26(31)15-16-34-25-13-11-22(2)12-14-25/h8-14,17H,7,15-16,18-21H2,1-6H3,(H,30,32). The molecule has 0 aromatic heterocycles. The summed E-state index contributed by atoms with van der Waals surface area (Å²) in [7, 11) is 0. The average Bonchev–Trinajstić information content (AvgIpc) is 2.79. The summed E-state index contributed by atoms with van der Waals surface area (Å²) in [5.41, 5.74) is 2.78. The van der Waals surface area contributed by atoms with Crippen LogP contribution in [-0.4, -0.2) is 37.2 Å². The molecule has 0 saturated carbocycles. The molecule has 34 heavy (non-hydrogen) atoms. The highest BCUT2D eigenvalue weighted by Gasteiger charge is 2.22. The number of benzene rings is 2. The van der Waals surface area contributed by atoms with E-state index in [-0.39, 0.29) is 28.9 Å². The lowest BCUT2D eigenvalue weighted by molar-refractivity contribution is -0.121.